The van der Waals surface area contributed by atoms with Crippen molar-refractivity contribution < 1.29 is 14.3 Å². The maximum atomic E-state index is 13.3. The van der Waals surface area contributed by atoms with Gasteiger partial charge in [-0.3, -0.25) is 9.59 Å². The van der Waals surface area contributed by atoms with Gasteiger partial charge in [0.2, 0.25) is 11.8 Å². The summed E-state index contributed by atoms with van der Waals surface area (Å²) in [7, 11) is 1.62. The fraction of sp³-hybridized carbons (Fsp3) is 0.440. The van der Waals surface area contributed by atoms with E-state index in [1.165, 1.54) is 11.8 Å². The van der Waals surface area contributed by atoms with Crippen LogP contribution in [0, 0.1) is 0 Å². The molecule has 1 N–H and O–H groups in total. The molecule has 0 spiro atoms. The molecule has 0 saturated heterocycles. The maximum absolute atomic E-state index is 13.3. The van der Waals surface area contributed by atoms with Crippen molar-refractivity contribution in [2.45, 2.75) is 58.0 Å². The molecule has 0 aliphatic carbocycles. The fourth-order valence-corrected chi connectivity index (χ4v) is 4.20. The first-order chi connectivity index (χ1) is 15.4. The predicted octanol–water partition coefficient (Wildman–Crippen LogP) is 5.30. The van der Waals surface area contributed by atoms with E-state index in [0.29, 0.717) is 29.5 Å². The van der Waals surface area contributed by atoms with Crippen LogP contribution in [0.5, 0.6) is 5.75 Å². The lowest BCUT2D eigenvalue weighted by atomic mass is 10.1. The van der Waals surface area contributed by atoms with Gasteiger partial charge in [-0.25, -0.2) is 0 Å². The van der Waals surface area contributed by atoms with Gasteiger partial charge < -0.3 is 15.0 Å². The van der Waals surface area contributed by atoms with Crippen LogP contribution in [0.1, 0.15) is 44.7 Å². The number of hydrogen-bond acceptors (Lipinski definition) is 4. The highest BCUT2D eigenvalue weighted by Crippen LogP contribution is 2.20. The highest BCUT2D eigenvalue weighted by Gasteiger charge is 2.29. The minimum Gasteiger partial charge on any atom is -0.497 e. The van der Waals surface area contributed by atoms with Crippen molar-refractivity contribution >= 4 is 35.2 Å². The second kappa shape index (κ2) is 13.4. The Hall–Kier alpha value is -2.18. The van der Waals surface area contributed by atoms with Gasteiger partial charge in [0, 0.05) is 23.4 Å². The van der Waals surface area contributed by atoms with Crippen molar-refractivity contribution in [1.82, 2.24) is 10.2 Å². The van der Waals surface area contributed by atoms with E-state index in [-0.39, 0.29) is 17.9 Å². The number of hydrogen-bond donors (Lipinski definition) is 1. The molecule has 0 heterocycles. The van der Waals surface area contributed by atoms with Crippen molar-refractivity contribution in [3.63, 3.8) is 0 Å². The molecule has 2 rings (SSSR count). The molecule has 5 nitrogen and oxygen atoms in total. The average molecular weight is 477 g/mol. The van der Waals surface area contributed by atoms with Gasteiger partial charge in [-0.1, -0.05) is 49.7 Å². The summed E-state index contributed by atoms with van der Waals surface area (Å²) in [6.45, 7) is 6.31. The van der Waals surface area contributed by atoms with E-state index in [1.807, 2.05) is 69.3 Å². The number of benzene rings is 2. The zero-order valence-corrected chi connectivity index (χ0v) is 20.8. The second-order valence-electron chi connectivity index (χ2n) is 7.73. The van der Waals surface area contributed by atoms with Crippen molar-refractivity contribution in [2.24, 2.45) is 0 Å². The Bertz CT molecular complexity index is 858. The number of rotatable bonds is 12. The van der Waals surface area contributed by atoms with Crippen LogP contribution in [-0.2, 0) is 21.9 Å². The number of methoxy groups -OCH3 is 1. The van der Waals surface area contributed by atoms with E-state index in [0.717, 1.165) is 23.3 Å². The normalized spacial score (nSPS) is 12.7. The molecule has 0 radical (unpaired) electrons. The summed E-state index contributed by atoms with van der Waals surface area (Å²) in [6.07, 6.45) is 1.39. The molecule has 2 amide bonds. The molecule has 0 unspecified atom stereocenters. The highest BCUT2D eigenvalue weighted by molar-refractivity contribution is 7.99. The Morgan fingerprint density at radius 2 is 1.66 bits per heavy atom. The summed E-state index contributed by atoms with van der Waals surface area (Å²) in [4.78, 5) is 27.9. The Kier molecular flexibility index (Phi) is 10.9. The molecule has 0 aliphatic rings. The molecule has 2 aromatic rings. The Labute approximate surface area is 200 Å². The number of nitrogens with one attached hydrogen (secondary N) is 1. The molecular formula is C25H33ClN2O3S. The molecule has 174 valence electrons. The zero-order valence-electron chi connectivity index (χ0n) is 19.3. The third-order valence-electron chi connectivity index (χ3n) is 5.31. The smallest absolute Gasteiger partial charge is 0.243 e. The monoisotopic (exact) mass is 476 g/mol. The average Bonchev–Trinajstić information content (AvgIpc) is 2.80. The summed E-state index contributed by atoms with van der Waals surface area (Å²) in [5.41, 5.74) is 2.06. The molecule has 0 bridgehead atoms. The van der Waals surface area contributed by atoms with E-state index in [4.69, 9.17) is 16.3 Å². The van der Waals surface area contributed by atoms with Gasteiger partial charge >= 0.3 is 0 Å². The van der Waals surface area contributed by atoms with Crippen LogP contribution in [-0.4, -0.2) is 41.7 Å². The Morgan fingerprint density at radius 1 is 1.03 bits per heavy atom. The molecule has 0 aromatic heterocycles. The van der Waals surface area contributed by atoms with E-state index in [1.54, 1.807) is 12.0 Å². The topological polar surface area (TPSA) is 58.6 Å². The third kappa shape index (κ3) is 8.06. The summed E-state index contributed by atoms with van der Waals surface area (Å²) in [5, 5.41) is 3.73. The molecule has 7 heteroatoms. The van der Waals surface area contributed by atoms with Crippen LogP contribution in [0.25, 0.3) is 0 Å². The minimum atomic E-state index is -0.519. The molecule has 0 aliphatic heterocycles. The van der Waals surface area contributed by atoms with Gasteiger partial charge in [-0.15, -0.1) is 11.8 Å². The summed E-state index contributed by atoms with van der Waals surface area (Å²) in [5.74, 6) is 1.60. The van der Waals surface area contributed by atoms with E-state index in [2.05, 4.69) is 5.32 Å². The quantitative estimate of drug-likeness (QED) is 0.451. The van der Waals surface area contributed by atoms with Crippen LogP contribution in [0.2, 0.25) is 5.02 Å². The van der Waals surface area contributed by atoms with Gasteiger partial charge in [-0.2, -0.15) is 0 Å². The number of carbonyl (C=O) groups excluding carboxylic acids is 2. The van der Waals surface area contributed by atoms with E-state index < -0.39 is 6.04 Å². The van der Waals surface area contributed by atoms with Crippen molar-refractivity contribution in [1.29, 1.82) is 0 Å². The lowest BCUT2D eigenvalue weighted by Crippen LogP contribution is -2.51. The standard InChI is InChI=1S/C25H33ClN2O3S/c1-5-18(3)27-25(30)23(6-2)28(15-19-9-13-22(31-4)14-10-19)24(29)17-32-16-20-7-11-21(26)12-8-20/h7-14,18,23H,5-6,15-17H2,1-4H3,(H,27,30)/t18-,23-/m0/s1. The number of halogens is 1. The lowest BCUT2D eigenvalue weighted by molar-refractivity contribution is -0.139. The van der Waals surface area contributed by atoms with Crippen molar-refractivity contribution in [3.05, 3.63) is 64.7 Å². The zero-order chi connectivity index (χ0) is 23.5. The number of ether oxygens (including phenoxy) is 1. The Balaban J connectivity index is 2.13. The van der Waals surface area contributed by atoms with Crippen LogP contribution in [0.4, 0.5) is 0 Å². The van der Waals surface area contributed by atoms with Gasteiger partial charge in [-0.05, 0) is 55.2 Å². The summed E-state index contributed by atoms with van der Waals surface area (Å²) >= 11 is 7.48. The number of amides is 2. The van der Waals surface area contributed by atoms with Gasteiger partial charge in [0.15, 0.2) is 0 Å². The predicted molar refractivity (Wildman–Crippen MR) is 133 cm³/mol. The van der Waals surface area contributed by atoms with Crippen molar-refractivity contribution in [3.8, 4) is 5.75 Å². The first kappa shape index (κ1) is 26.1. The SMILES string of the molecule is CC[C@H](C)NC(=O)[C@H](CC)N(Cc1ccc(OC)cc1)C(=O)CSCc1ccc(Cl)cc1. The Morgan fingerprint density at radius 3 is 2.22 bits per heavy atom. The maximum Gasteiger partial charge on any atom is 0.243 e. The first-order valence-corrected chi connectivity index (χ1v) is 12.5. The van der Waals surface area contributed by atoms with Gasteiger partial charge in [0.05, 0.1) is 12.9 Å². The van der Waals surface area contributed by atoms with Crippen LogP contribution >= 0.6 is 23.4 Å². The molecule has 0 saturated carbocycles. The highest BCUT2D eigenvalue weighted by atomic mass is 35.5. The van der Waals surface area contributed by atoms with Gasteiger partial charge in [0.1, 0.15) is 11.8 Å². The minimum absolute atomic E-state index is 0.0501. The molecule has 0 fully saturated rings. The summed E-state index contributed by atoms with van der Waals surface area (Å²) in [6, 6.07) is 14.8. The van der Waals surface area contributed by atoms with E-state index >= 15 is 0 Å². The van der Waals surface area contributed by atoms with Crippen LogP contribution < -0.4 is 10.1 Å². The van der Waals surface area contributed by atoms with Crippen molar-refractivity contribution in [2.75, 3.05) is 12.9 Å². The van der Waals surface area contributed by atoms with Gasteiger partial charge in [0.25, 0.3) is 0 Å². The number of carbonyl (C=O) groups is 2. The lowest BCUT2D eigenvalue weighted by Gasteiger charge is -2.31. The second-order valence-corrected chi connectivity index (χ2v) is 9.15. The molecular weight excluding hydrogens is 444 g/mol. The molecule has 2 atom stereocenters. The van der Waals surface area contributed by atoms with Crippen LogP contribution in [0.15, 0.2) is 48.5 Å². The number of thioether (sulfide) groups is 1. The molecule has 2 aromatic carbocycles. The fourth-order valence-electron chi connectivity index (χ4n) is 3.21. The first-order valence-electron chi connectivity index (χ1n) is 10.9. The third-order valence-corrected chi connectivity index (χ3v) is 6.55. The molecule has 32 heavy (non-hydrogen) atoms. The van der Waals surface area contributed by atoms with Crippen LogP contribution in [0.3, 0.4) is 0 Å². The van der Waals surface area contributed by atoms with E-state index in [9.17, 15) is 9.59 Å². The number of nitrogens with zero attached hydrogens (tertiary/aromatic N) is 1. The largest absolute Gasteiger partial charge is 0.497 e. The summed E-state index contributed by atoms with van der Waals surface area (Å²) < 4.78 is 5.23.